The predicted molar refractivity (Wildman–Crippen MR) is 132 cm³/mol. The van der Waals surface area contributed by atoms with E-state index < -0.39 is 6.10 Å². The van der Waals surface area contributed by atoms with Crippen LogP contribution in [0.15, 0.2) is 73.7 Å². The highest BCUT2D eigenvalue weighted by atomic mass is 16.3. The molecule has 35 heavy (non-hydrogen) atoms. The minimum Gasteiger partial charge on any atom is -0.382 e. The minimum atomic E-state index is -0.837. The van der Waals surface area contributed by atoms with Crippen molar-refractivity contribution in [3.63, 3.8) is 0 Å². The summed E-state index contributed by atoms with van der Waals surface area (Å²) in [5.41, 5.74) is 5.56. The van der Waals surface area contributed by atoms with Crippen LogP contribution in [-0.4, -0.2) is 65.6 Å². The van der Waals surface area contributed by atoms with Crippen molar-refractivity contribution in [1.82, 2.24) is 34.3 Å². The zero-order valence-corrected chi connectivity index (χ0v) is 19.3. The molecule has 0 saturated carbocycles. The molecule has 0 aromatic carbocycles. The lowest BCUT2D eigenvalue weighted by Crippen LogP contribution is -2.47. The smallest absolute Gasteiger partial charge is 0.225 e. The zero-order valence-electron chi connectivity index (χ0n) is 19.3. The van der Waals surface area contributed by atoms with Crippen LogP contribution in [0.4, 0.5) is 11.6 Å². The second kappa shape index (κ2) is 8.80. The Bertz CT molecular complexity index is 1440. The van der Waals surface area contributed by atoms with Crippen LogP contribution >= 0.6 is 0 Å². The van der Waals surface area contributed by atoms with Crippen molar-refractivity contribution in [3.8, 4) is 11.1 Å². The van der Waals surface area contributed by atoms with E-state index >= 15 is 0 Å². The number of aliphatic hydroxyl groups excluding tert-OH is 1. The number of rotatable bonds is 5. The summed E-state index contributed by atoms with van der Waals surface area (Å²) in [6.45, 7) is 3.28. The van der Waals surface area contributed by atoms with E-state index in [9.17, 15) is 5.11 Å². The molecule has 1 aliphatic rings. The molecule has 0 amide bonds. The molecule has 0 radical (unpaired) electrons. The van der Waals surface area contributed by atoms with Gasteiger partial charge in [0.1, 0.15) is 6.10 Å². The highest BCUT2D eigenvalue weighted by Crippen LogP contribution is 2.27. The maximum absolute atomic E-state index is 10.5. The SMILES string of the molecule is Cn1cc(-c2ccc3c(N4CCN(c5ncc(C(O)c6ccccn6)cn5)CC4)cnn3c2)cn1. The number of aliphatic hydroxyl groups is 1. The number of hydrogen-bond acceptors (Lipinski definition) is 8. The van der Waals surface area contributed by atoms with Crippen LogP contribution in [0.1, 0.15) is 17.4 Å². The highest BCUT2D eigenvalue weighted by molar-refractivity contribution is 5.75. The van der Waals surface area contributed by atoms with Crippen molar-refractivity contribution in [2.45, 2.75) is 6.10 Å². The van der Waals surface area contributed by atoms with Gasteiger partial charge in [0.25, 0.3) is 0 Å². The molecule has 6 heterocycles. The van der Waals surface area contributed by atoms with E-state index in [0.717, 1.165) is 48.5 Å². The van der Waals surface area contributed by atoms with Gasteiger partial charge in [-0.3, -0.25) is 9.67 Å². The molecule has 1 fully saturated rings. The molecule has 5 aromatic rings. The first kappa shape index (κ1) is 21.2. The largest absolute Gasteiger partial charge is 0.382 e. The first-order valence-electron chi connectivity index (χ1n) is 11.5. The van der Waals surface area contributed by atoms with E-state index in [2.05, 4.69) is 47.1 Å². The third kappa shape index (κ3) is 4.08. The second-order valence-corrected chi connectivity index (χ2v) is 8.63. The Balaban J connectivity index is 1.13. The fourth-order valence-electron chi connectivity index (χ4n) is 4.45. The fourth-order valence-corrected chi connectivity index (χ4v) is 4.45. The molecule has 176 valence electrons. The summed E-state index contributed by atoms with van der Waals surface area (Å²) in [6.07, 6.45) is 12.0. The topological polar surface area (TPSA) is 100 Å². The average Bonchev–Trinajstić information content (AvgIpc) is 3.55. The van der Waals surface area contributed by atoms with Crippen LogP contribution in [0.3, 0.4) is 0 Å². The summed E-state index contributed by atoms with van der Waals surface area (Å²) < 4.78 is 3.73. The van der Waals surface area contributed by atoms with E-state index in [1.165, 1.54) is 0 Å². The Kier molecular flexibility index (Phi) is 5.34. The Labute approximate surface area is 202 Å². The zero-order chi connectivity index (χ0) is 23.8. The number of piperazine rings is 1. The maximum Gasteiger partial charge on any atom is 0.225 e. The average molecular weight is 468 g/mol. The Morgan fingerprint density at radius 3 is 2.31 bits per heavy atom. The monoisotopic (exact) mass is 467 g/mol. The van der Waals surface area contributed by atoms with Gasteiger partial charge < -0.3 is 14.9 Å². The number of hydrogen-bond donors (Lipinski definition) is 1. The molecule has 6 rings (SSSR count). The predicted octanol–water partition coefficient (Wildman–Crippen LogP) is 2.33. The molecule has 1 N–H and O–H groups in total. The van der Waals surface area contributed by atoms with Gasteiger partial charge in [-0.2, -0.15) is 10.2 Å². The van der Waals surface area contributed by atoms with E-state index in [-0.39, 0.29) is 0 Å². The fraction of sp³-hybridized carbons (Fsp3) is 0.240. The molecule has 1 saturated heterocycles. The van der Waals surface area contributed by atoms with Gasteiger partial charge in [0.15, 0.2) is 0 Å². The Morgan fingerprint density at radius 2 is 1.60 bits per heavy atom. The summed E-state index contributed by atoms with van der Waals surface area (Å²) in [6, 6.07) is 9.69. The molecule has 0 spiro atoms. The second-order valence-electron chi connectivity index (χ2n) is 8.63. The van der Waals surface area contributed by atoms with Crippen LogP contribution < -0.4 is 9.80 Å². The van der Waals surface area contributed by atoms with E-state index in [1.54, 1.807) is 29.3 Å². The lowest BCUT2D eigenvalue weighted by molar-refractivity contribution is 0.214. The minimum absolute atomic E-state index is 0.582. The van der Waals surface area contributed by atoms with Crippen LogP contribution in [-0.2, 0) is 7.05 Å². The summed E-state index contributed by atoms with van der Waals surface area (Å²) in [7, 11) is 1.92. The number of anilines is 2. The number of pyridine rings is 2. The lowest BCUT2D eigenvalue weighted by Gasteiger charge is -2.35. The summed E-state index contributed by atoms with van der Waals surface area (Å²) in [5, 5.41) is 19.4. The third-order valence-corrected chi connectivity index (χ3v) is 6.38. The standard InChI is InChI=1S/C25H25N9O/c1-31-16-20(14-29-31)18-5-6-22-23(15-30-34(22)17-18)32-8-10-33(11-9-32)25-27-12-19(13-28-25)24(35)21-4-2-3-7-26-21/h2-7,12-17,24,35H,8-11H2,1H3. The van der Waals surface area contributed by atoms with Crippen LogP contribution in [0.2, 0.25) is 0 Å². The number of fused-ring (bicyclic) bond motifs is 1. The number of aryl methyl sites for hydroxylation is 1. The molecular formula is C25H25N9O. The van der Waals surface area contributed by atoms with Crippen LogP contribution in [0, 0.1) is 0 Å². The molecule has 0 aliphatic carbocycles. The van der Waals surface area contributed by atoms with Crippen molar-refractivity contribution in [2.24, 2.45) is 7.05 Å². The van der Waals surface area contributed by atoms with Gasteiger partial charge in [0.2, 0.25) is 5.95 Å². The van der Waals surface area contributed by atoms with Crippen molar-refractivity contribution >= 4 is 17.2 Å². The van der Waals surface area contributed by atoms with Crippen molar-refractivity contribution < 1.29 is 5.11 Å². The van der Waals surface area contributed by atoms with Gasteiger partial charge in [-0.05, 0) is 18.2 Å². The first-order chi connectivity index (χ1) is 17.2. The van der Waals surface area contributed by atoms with E-state index in [4.69, 9.17) is 0 Å². The van der Waals surface area contributed by atoms with Crippen LogP contribution in [0.5, 0.6) is 0 Å². The van der Waals surface area contributed by atoms with Crippen molar-refractivity contribution in [2.75, 3.05) is 36.0 Å². The molecular weight excluding hydrogens is 442 g/mol. The molecule has 10 nitrogen and oxygen atoms in total. The maximum atomic E-state index is 10.5. The quantitative estimate of drug-likeness (QED) is 0.420. The van der Waals surface area contributed by atoms with E-state index in [0.29, 0.717) is 17.2 Å². The Morgan fingerprint density at radius 1 is 0.800 bits per heavy atom. The molecule has 1 unspecified atom stereocenters. The van der Waals surface area contributed by atoms with Crippen molar-refractivity contribution in [3.05, 3.63) is 85.0 Å². The number of aromatic nitrogens is 7. The van der Waals surface area contributed by atoms with Gasteiger partial charge in [-0.1, -0.05) is 12.1 Å². The molecule has 1 aliphatic heterocycles. The first-order valence-corrected chi connectivity index (χ1v) is 11.5. The molecule has 10 heteroatoms. The van der Waals surface area contributed by atoms with Gasteiger partial charge >= 0.3 is 0 Å². The molecule has 1 atom stereocenters. The van der Waals surface area contributed by atoms with Gasteiger partial charge in [-0.25, -0.2) is 14.5 Å². The van der Waals surface area contributed by atoms with Gasteiger partial charge in [0.05, 0.1) is 29.3 Å². The van der Waals surface area contributed by atoms with Crippen LogP contribution in [0.25, 0.3) is 16.6 Å². The van der Waals surface area contributed by atoms with Gasteiger partial charge in [0, 0.05) is 80.9 Å². The van der Waals surface area contributed by atoms with Gasteiger partial charge in [-0.15, -0.1) is 0 Å². The third-order valence-electron chi connectivity index (χ3n) is 6.38. The van der Waals surface area contributed by atoms with Crippen molar-refractivity contribution in [1.29, 1.82) is 0 Å². The summed E-state index contributed by atoms with van der Waals surface area (Å²) >= 11 is 0. The summed E-state index contributed by atoms with van der Waals surface area (Å²) in [4.78, 5) is 17.8. The van der Waals surface area contributed by atoms with E-state index in [1.807, 2.05) is 48.5 Å². The highest BCUT2D eigenvalue weighted by Gasteiger charge is 2.22. The lowest BCUT2D eigenvalue weighted by atomic mass is 10.1. The normalized spacial score (nSPS) is 15.0. The molecule has 5 aromatic heterocycles. The number of nitrogens with zero attached hydrogens (tertiary/aromatic N) is 9. The Hall–Kier alpha value is -4.31. The summed E-state index contributed by atoms with van der Waals surface area (Å²) in [5.74, 6) is 0.669. The molecule has 0 bridgehead atoms.